The maximum Gasteiger partial charge on any atom is 0.317 e. The van der Waals surface area contributed by atoms with E-state index in [1.54, 1.807) is 13.2 Å². The van der Waals surface area contributed by atoms with Gasteiger partial charge in [-0.25, -0.2) is 9.78 Å². The maximum absolute atomic E-state index is 12.0. The van der Waals surface area contributed by atoms with Gasteiger partial charge in [-0.3, -0.25) is 0 Å². The smallest absolute Gasteiger partial charge is 0.317 e. The Morgan fingerprint density at radius 3 is 2.96 bits per heavy atom. The van der Waals surface area contributed by atoms with Gasteiger partial charge in [0, 0.05) is 40.0 Å². The quantitative estimate of drug-likeness (QED) is 0.777. The maximum atomic E-state index is 12.0. The zero-order valence-corrected chi connectivity index (χ0v) is 13.9. The molecule has 128 valence electrons. The SMILES string of the molecule is COCC(O)CN(C)C(=O)NCc1ccnc(N2CCCC2)c1. The number of carbonyl (C=O) groups excluding carboxylic acids is 1. The molecular formula is C16H26N4O3. The van der Waals surface area contributed by atoms with Crippen LogP contribution in [0.5, 0.6) is 0 Å². The van der Waals surface area contributed by atoms with Crippen LogP contribution in [0, 0.1) is 0 Å². The van der Waals surface area contributed by atoms with E-state index in [4.69, 9.17) is 4.74 Å². The number of pyridine rings is 1. The minimum atomic E-state index is -0.682. The number of urea groups is 1. The van der Waals surface area contributed by atoms with E-state index in [1.165, 1.54) is 24.9 Å². The molecule has 7 heteroatoms. The molecule has 1 atom stereocenters. The van der Waals surface area contributed by atoms with Crippen LogP contribution in [-0.2, 0) is 11.3 Å². The van der Waals surface area contributed by atoms with Crippen molar-refractivity contribution >= 4 is 11.8 Å². The number of nitrogens with one attached hydrogen (secondary N) is 1. The average molecular weight is 322 g/mol. The number of likely N-dealkylation sites (N-methyl/N-ethyl adjacent to an activating group) is 1. The van der Waals surface area contributed by atoms with Gasteiger partial charge in [0.05, 0.1) is 19.3 Å². The molecule has 0 saturated carbocycles. The fraction of sp³-hybridized carbons (Fsp3) is 0.625. The number of hydrogen-bond donors (Lipinski definition) is 2. The summed E-state index contributed by atoms with van der Waals surface area (Å²) in [5.74, 6) is 0.970. The molecule has 0 bridgehead atoms. The van der Waals surface area contributed by atoms with Crippen LogP contribution in [0.15, 0.2) is 18.3 Å². The van der Waals surface area contributed by atoms with Gasteiger partial charge in [-0.1, -0.05) is 0 Å². The number of amides is 2. The number of ether oxygens (including phenoxy) is 1. The molecular weight excluding hydrogens is 296 g/mol. The number of aromatic nitrogens is 1. The van der Waals surface area contributed by atoms with E-state index in [2.05, 4.69) is 15.2 Å². The molecule has 1 aromatic rings. The molecule has 7 nitrogen and oxygen atoms in total. The van der Waals surface area contributed by atoms with Gasteiger partial charge in [-0.15, -0.1) is 0 Å². The second-order valence-electron chi connectivity index (χ2n) is 5.86. The van der Waals surface area contributed by atoms with Crippen molar-refractivity contribution in [3.63, 3.8) is 0 Å². The fourth-order valence-electron chi connectivity index (χ4n) is 2.65. The molecule has 0 spiro atoms. The summed E-state index contributed by atoms with van der Waals surface area (Å²) in [5, 5.41) is 12.5. The molecule has 2 amide bonds. The van der Waals surface area contributed by atoms with Crippen molar-refractivity contribution in [3.05, 3.63) is 23.9 Å². The van der Waals surface area contributed by atoms with Gasteiger partial charge in [0.2, 0.25) is 0 Å². The highest BCUT2D eigenvalue weighted by Gasteiger charge is 2.15. The van der Waals surface area contributed by atoms with E-state index in [-0.39, 0.29) is 19.2 Å². The van der Waals surface area contributed by atoms with E-state index in [1.807, 2.05) is 12.1 Å². The lowest BCUT2D eigenvalue weighted by molar-refractivity contribution is 0.0489. The van der Waals surface area contributed by atoms with Gasteiger partial charge >= 0.3 is 6.03 Å². The predicted molar refractivity (Wildman–Crippen MR) is 88.4 cm³/mol. The monoisotopic (exact) mass is 322 g/mol. The number of aliphatic hydroxyl groups excluding tert-OH is 1. The van der Waals surface area contributed by atoms with E-state index in [0.29, 0.717) is 6.54 Å². The number of rotatable bonds is 7. The number of hydrogen-bond acceptors (Lipinski definition) is 5. The Hall–Kier alpha value is -1.86. The predicted octanol–water partition coefficient (Wildman–Crippen LogP) is 0.830. The molecule has 0 aliphatic carbocycles. The van der Waals surface area contributed by atoms with Crippen molar-refractivity contribution in [2.45, 2.75) is 25.5 Å². The summed E-state index contributed by atoms with van der Waals surface area (Å²) in [6, 6.07) is 3.70. The van der Waals surface area contributed by atoms with Gasteiger partial charge in [0.25, 0.3) is 0 Å². The molecule has 1 aromatic heterocycles. The Balaban J connectivity index is 1.82. The highest BCUT2D eigenvalue weighted by Crippen LogP contribution is 2.18. The first kappa shape index (κ1) is 17.5. The van der Waals surface area contributed by atoms with Crippen LogP contribution in [0.4, 0.5) is 10.6 Å². The Bertz CT molecular complexity index is 506. The molecule has 1 aliphatic heterocycles. The lowest BCUT2D eigenvalue weighted by Crippen LogP contribution is -2.42. The third kappa shape index (κ3) is 5.37. The minimum Gasteiger partial charge on any atom is -0.389 e. The van der Waals surface area contributed by atoms with Crippen LogP contribution < -0.4 is 10.2 Å². The molecule has 0 radical (unpaired) electrons. The molecule has 1 aliphatic rings. The van der Waals surface area contributed by atoms with Crippen LogP contribution in [0.1, 0.15) is 18.4 Å². The molecule has 1 fully saturated rings. The standard InChI is InChI=1S/C16H26N4O3/c1-19(11-14(21)12-23-2)16(22)18-10-13-5-6-17-15(9-13)20-7-3-4-8-20/h5-6,9,14,21H,3-4,7-8,10-12H2,1-2H3,(H,18,22). The molecule has 2 rings (SSSR count). The summed E-state index contributed by atoms with van der Waals surface area (Å²) < 4.78 is 4.86. The zero-order valence-electron chi connectivity index (χ0n) is 13.9. The number of aliphatic hydroxyl groups is 1. The van der Waals surface area contributed by atoms with Gasteiger partial charge in [0.1, 0.15) is 5.82 Å². The van der Waals surface area contributed by atoms with Crippen LogP contribution in [0.25, 0.3) is 0 Å². The van der Waals surface area contributed by atoms with Crippen molar-refractivity contribution in [1.82, 2.24) is 15.2 Å². The number of methoxy groups -OCH3 is 1. The molecule has 23 heavy (non-hydrogen) atoms. The summed E-state index contributed by atoms with van der Waals surface area (Å²) in [7, 11) is 3.17. The third-order valence-electron chi connectivity index (χ3n) is 3.87. The first-order valence-electron chi connectivity index (χ1n) is 7.96. The lowest BCUT2D eigenvalue weighted by Gasteiger charge is -2.21. The number of nitrogens with zero attached hydrogens (tertiary/aromatic N) is 3. The highest BCUT2D eigenvalue weighted by atomic mass is 16.5. The second-order valence-corrected chi connectivity index (χ2v) is 5.86. The fourth-order valence-corrected chi connectivity index (χ4v) is 2.65. The van der Waals surface area contributed by atoms with Crippen molar-refractivity contribution < 1.29 is 14.6 Å². The normalized spacial score (nSPS) is 15.5. The summed E-state index contributed by atoms with van der Waals surface area (Å²) in [6.45, 7) is 2.97. The Morgan fingerprint density at radius 1 is 1.52 bits per heavy atom. The topological polar surface area (TPSA) is 77.9 Å². The second kappa shape index (κ2) is 8.69. The number of anilines is 1. The largest absolute Gasteiger partial charge is 0.389 e. The van der Waals surface area contributed by atoms with Gasteiger partial charge in [0.15, 0.2) is 0 Å². The Kier molecular flexibility index (Phi) is 6.61. The Labute approximate surface area is 137 Å². The average Bonchev–Trinajstić information content (AvgIpc) is 3.07. The van der Waals surface area contributed by atoms with E-state index in [0.717, 1.165) is 24.5 Å². The first-order chi connectivity index (χ1) is 11.1. The summed E-state index contributed by atoms with van der Waals surface area (Å²) >= 11 is 0. The van der Waals surface area contributed by atoms with E-state index < -0.39 is 6.10 Å². The Morgan fingerprint density at radius 2 is 2.26 bits per heavy atom. The van der Waals surface area contributed by atoms with Crippen molar-refractivity contribution in [1.29, 1.82) is 0 Å². The van der Waals surface area contributed by atoms with Gasteiger partial charge in [-0.2, -0.15) is 0 Å². The van der Waals surface area contributed by atoms with E-state index in [9.17, 15) is 9.90 Å². The molecule has 1 unspecified atom stereocenters. The van der Waals surface area contributed by atoms with Gasteiger partial charge < -0.3 is 25.0 Å². The van der Waals surface area contributed by atoms with Crippen molar-refractivity contribution in [3.8, 4) is 0 Å². The summed E-state index contributed by atoms with van der Waals surface area (Å²) in [5.41, 5.74) is 1.01. The molecule has 1 saturated heterocycles. The van der Waals surface area contributed by atoms with Gasteiger partial charge in [-0.05, 0) is 30.5 Å². The highest BCUT2D eigenvalue weighted by molar-refractivity contribution is 5.73. The molecule has 2 N–H and O–H groups in total. The minimum absolute atomic E-state index is 0.209. The van der Waals surface area contributed by atoms with Crippen LogP contribution >= 0.6 is 0 Å². The van der Waals surface area contributed by atoms with Crippen molar-refractivity contribution in [2.75, 3.05) is 45.3 Å². The molecule has 0 aromatic carbocycles. The van der Waals surface area contributed by atoms with Crippen LogP contribution in [-0.4, -0.2) is 67.5 Å². The van der Waals surface area contributed by atoms with E-state index >= 15 is 0 Å². The number of carbonyl (C=O) groups is 1. The summed E-state index contributed by atoms with van der Waals surface area (Å²) in [4.78, 5) is 20.1. The summed E-state index contributed by atoms with van der Waals surface area (Å²) in [6.07, 6.45) is 3.51. The van der Waals surface area contributed by atoms with Crippen molar-refractivity contribution in [2.24, 2.45) is 0 Å². The van der Waals surface area contributed by atoms with Crippen LogP contribution in [0.3, 0.4) is 0 Å². The van der Waals surface area contributed by atoms with Crippen LogP contribution in [0.2, 0.25) is 0 Å². The lowest BCUT2D eigenvalue weighted by atomic mass is 10.2. The third-order valence-corrected chi connectivity index (χ3v) is 3.87. The first-order valence-corrected chi connectivity index (χ1v) is 7.96. The zero-order chi connectivity index (χ0) is 16.7. The molecule has 2 heterocycles.